The highest BCUT2D eigenvalue weighted by Crippen LogP contribution is 2.03. The topological polar surface area (TPSA) is 9.23 Å². The van der Waals surface area contributed by atoms with Gasteiger partial charge in [0, 0.05) is 12.8 Å². The lowest BCUT2D eigenvalue weighted by atomic mass is 10.4. The van der Waals surface area contributed by atoms with Crippen LogP contribution in [-0.4, -0.2) is 6.61 Å². The molecule has 0 aromatic heterocycles. The van der Waals surface area contributed by atoms with Crippen LogP contribution in [-0.2, 0) is 4.74 Å². The summed E-state index contributed by atoms with van der Waals surface area (Å²) >= 11 is 0. The van der Waals surface area contributed by atoms with Crippen molar-refractivity contribution in [2.24, 2.45) is 0 Å². The summed E-state index contributed by atoms with van der Waals surface area (Å²) in [6.45, 7) is -0.108. The summed E-state index contributed by atoms with van der Waals surface area (Å²) in [6, 6.07) is 0. The van der Waals surface area contributed by atoms with E-state index in [4.69, 9.17) is 0 Å². The Hall–Kier alpha value is -0.620. The van der Waals surface area contributed by atoms with Gasteiger partial charge in [-0.05, 0) is 0 Å². The fourth-order valence-corrected chi connectivity index (χ4v) is 0.393. The van der Waals surface area contributed by atoms with Crippen molar-refractivity contribution in [3.8, 4) is 11.8 Å². The SMILES string of the molecule is CCC#CCCO[C](F)F. The molecular formula is C7H9F2O. The van der Waals surface area contributed by atoms with E-state index in [1.165, 1.54) is 0 Å². The fourth-order valence-electron chi connectivity index (χ4n) is 0.393. The average molecular weight is 147 g/mol. The Bertz CT molecular complexity index is 123. The predicted molar refractivity (Wildman–Crippen MR) is 34.1 cm³/mol. The third-order valence-corrected chi connectivity index (χ3v) is 0.740. The Balaban J connectivity index is 3.05. The first kappa shape index (κ1) is 9.38. The van der Waals surface area contributed by atoms with Crippen molar-refractivity contribution < 1.29 is 13.5 Å². The second-order valence-electron chi connectivity index (χ2n) is 1.53. The van der Waals surface area contributed by atoms with Gasteiger partial charge in [0.15, 0.2) is 0 Å². The summed E-state index contributed by atoms with van der Waals surface area (Å²) < 4.78 is 26.2. The van der Waals surface area contributed by atoms with Crippen molar-refractivity contribution in [2.45, 2.75) is 19.8 Å². The largest absolute Gasteiger partial charge is 0.448 e. The number of halogens is 2. The maximum absolute atomic E-state index is 11.2. The summed E-state index contributed by atoms with van der Waals surface area (Å²) in [5.74, 6) is 5.41. The molecule has 0 atom stereocenters. The molecule has 0 bridgehead atoms. The van der Waals surface area contributed by atoms with E-state index in [9.17, 15) is 8.78 Å². The smallest absolute Gasteiger partial charge is 0.312 e. The minimum Gasteiger partial charge on any atom is -0.312 e. The van der Waals surface area contributed by atoms with Crippen LogP contribution in [0.2, 0.25) is 0 Å². The van der Waals surface area contributed by atoms with E-state index in [0.29, 0.717) is 6.42 Å². The lowest BCUT2D eigenvalue weighted by molar-refractivity contribution is -0.0167. The van der Waals surface area contributed by atoms with E-state index in [-0.39, 0.29) is 6.61 Å². The second kappa shape index (κ2) is 6.50. The molecule has 0 aromatic rings. The van der Waals surface area contributed by atoms with Gasteiger partial charge in [-0.25, -0.2) is 0 Å². The zero-order valence-electron chi connectivity index (χ0n) is 5.79. The van der Waals surface area contributed by atoms with Crippen molar-refractivity contribution >= 4 is 0 Å². The molecule has 0 saturated carbocycles. The Kier molecular flexibility index (Phi) is 6.10. The van der Waals surface area contributed by atoms with E-state index in [0.717, 1.165) is 6.42 Å². The van der Waals surface area contributed by atoms with Crippen LogP contribution < -0.4 is 0 Å². The quantitative estimate of drug-likeness (QED) is 0.439. The zero-order chi connectivity index (χ0) is 7.82. The molecule has 3 heteroatoms. The molecule has 1 radical (unpaired) electrons. The van der Waals surface area contributed by atoms with E-state index >= 15 is 0 Å². The lowest BCUT2D eigenvalue weighted by Crippen LogP contribution is -1.92. The molecule has 57 valence electrons. The van der Waals surface area contributed by atoms with Gasteiger partial charge in [-0.3, -0.25) is 0 Å². The number of ether oxygens (including phenoxy) is 1. The molecule has 1 nitrogen and oxygen atoms in total. The molecule has 0 amide bonds. The molecule has 0 heterocycles. The molecular weight excluding hydrogens is 138 g/mol. The minimum atomic E-state index is -1.99. The monoisotopic (exact) mass is 147 g/mol. The Morgan fingerprint density at radius 2 is 2.10 bits per heavy atom. The van der Waals surface area contributed by atoms with Gasteiger partial charge < -0.3 is 4.74 Å². The third-order valence-electron chi connectivity index (χ3n) is 0.740. The summed E-state index contributed by atoms with van der Waals surface area (Å²) in [6.07, 6.45) is 1.12. The van der Waals surface area contributed by atoms with Crippen molar-refractivity contribution in [1.29, 1.82) is 0 Å². The van der Waals surface area contributed by atoms with Crippen LogP contribution in [0, 0.1) is 18.5 Å². The molecule has 0 aromatic carbocycles. The van der Waals surface area contributed by atoms with E-state index < -0.39 is 6.61 Å². The van der Waals surface area contributed by atoms with Gasteiger partial charge in [0.2, 0.25) is 0 Å². The van der Waals surface area contributed by atoms with Crippen LogP contribution in [0.4, 0.5) is 8.78 Å². The van der Waals surface area contributed by atoms with Crippen molar-refractivity contribution in [3.05, 3.63) is 6.61 Å². The first-order valence-electron chi connectivity index (χ1n) is 3.03. The van der Waals surface area contributed by atoms with Gasteiger partial charge in [-0.1, -0.05) is 6.92 Å². The minimum absolute atomic E-state index is 0.0185. The molecule has 0 N–H and O–H groups in total. The van der Waals surface area contributed by atoms with Crippen molar-refractivity contribution in [3.63, 3.8) is 0 Å². The average Bonchev–Trinajstić information content (AvgIpc) is 1.87. The first-order valence-corrected chi connectivity index (χ1v) is 3.03. The number of rotatable bonds is 3. The maximum Gasteiger partial charge on any atom is 0.448 e. The zero-order valence-corrected chi connectivity index (χ0v) is 5.79. The molecule has 0 saturated heterocycles. The Labute approximate surface area is 59.4 Å². The van der Waals surface area contributed by atoms with Crippen molar-refractivity contribution in [2.75, 3.05) is 6.61 Å². The second-order valence-corrected chi connectivity index (χ2v) is 1.53. The highest BCUT2D eigenvalue weighted by molar-refractivity contribution is 4.97. The molecule has 0 rings (SSSR count). The number of hydrogen-bond acceptors (Lipinski definition) is 1. The highest BCUT2D eigenvalue weighted by Gasteiger charge is 2.02. The summed E-state index contributed by atoms with van der Waals surface area (Å²) in [4.78, 5) is 0. The molecule has 0 aliphatic carbocycles. The van der Waals surface area contributed by atoms with E-state index in [2.05, 4.69) is 16.6 Å². The van der Waals surface area contributed by atoms with Gasteiger partial charge in [-0.15, -0.1) is 11.8 Å². The van der Waals surface area contributed by atoms with E-state index in [1.54, 1.807) is 0 Å². The van der Waals surface area contributed by atoms with Gasteiger partial charge in [0.1, 0.15) is 0 Å². The lowest BCUT2D eigenvalue weighted by Gasteiger charge is -1.93. The molecule has 0 aliphatic rings. The molecule has 0 fully saturated rings. The maximum atomic E-state index is 11.2. The van der Waals surface area contributed by atoms with Gasteiger partial charge in [-0.2, -0.15) is 8.78 Å². The Morgan fingerprint density at radius 3 is 2.60 bits per heavy atom. The van der Waals surface area contributed by atoms with Crippen LogP contribution in [0.15, 0.2) is 0 Å². The van der Waals surface area contributed by atoms with E-state index in [1.807, 2.05) is 6.92 Å². The van der Waals surface area contributed by atoms with Gasteiger partial charge in [0.25, 0.3) is 0 Å². The van der Waals surface area contributed by atoms with Crippen LogP contribution in [0.25, 0.3) is 0 Å². The molecule has 0 aliphatic heterocycles. The normalized spacial score (nSPS) is 9.20. The molecule has 10 heavy (non-hydrogen) atoms. The van der Waals surface area contributed by atoms with Crippen LogP contribution in [0.3, 0.4) is 0 Å². The van der Waals surface area contributed by atoms with Gasteiger partial charge >= 0.3 is 6.61 Å². The first-order chi connectivity index (χ1) is 4.77. The van der Waals surface area contributed by atoms with Crippen LogP contribution in [0.1, 0.15) is 19.8 Å². The van der Waals surface area contributed by atoms with Crippen molar-refractivity contribution in [1.82, 2.24) is 0 Å². The summed E-state index contributed by atoms with van der Waals surface area (Å²) in [5, 5.41) is 0. The predicted octanol–water partition coefficient (Wildman–Crippen LogP) is 2.19. The third kappa shape index (κ3) is 7.38. The van der Waals surface area contributed by atoms with Gasteiger partial charge in [0.05, 0.1) is 6.61 Å². The fraction of sp³-hybridized carbons (Fsp3) is 0.571. The number of hydrogen-bond donors (Lipinski definition) is 0. The van der Waals surface area contributed by atoms with Crippen LogP contribution >= 0.6 is 0 Å². The molecule has 0 spiro atoms. The molecule has 0 unspecified atom stereocenters. The highest BCUT2D eigenvalue weighted by atomic mass is 19.3. The standard InChI is InChI=1S/C7H9F2O/c1-2-3-4-5-6-10-7(8)9/h2,5-6H2,1H3. The van der Waals surface area contributed by atoms with Crippen LogP contribution in [0.5, 0.6) is 0 Å². The Morgan fingerprint density at radius 1 is 1.40 bits per heavy atom. The summed E-state index contributed by atoms with van der Waals surface area (Å²) in [7, 11) is 0. The summed E-state index contributed by atoms with van der Waals surface area (Å²) in [5.41, 5.74) is 0.